The van der Waals surface area contributed by atoms with Crippen LogP contribution in [0.3, 0.4) is 0 Å². The highest BCUT2D eigenvalue weighted by Crippen LogP contribution is 2.17. The van der Waals surface area contributed by atoms with Gasteiger partial charge in [0.2, 0.25) is 0 Å². The molecule has 82 heavy (non-hydrogen) atoms. The number of hydrogen-bond donors (Lipinski definition) is 0. The van der Waals surface area contributed by atoms with E-state index in [-0.39, 0.29) is 31.1 Å². The lowest BCUT2D eigenvalue weighted by atomic mass is 10.0. The molecule has 0 aliphatic carbocycles. The van der Waals surface area contributed by atoms with Crippen molar-refractivity contribution in [3.63, 3.8) is 0 Å². The van der Waals surface area contributed by atoms with Gasteiger partial charge in [-0.2, -0.15) is 0 Å². The van der Waals surface area contributed by atoms with Crippen LogP contribution in [0.25, 0.3) is 0 Å². The van der Waals surface area contributed by atoms with Gasteiger partial charge in [-0.05, 0) is 103 Å². The Bertz CT molecular complexity index is 1590. The van der Waals surface area contributed by atoms with E-state index in [1.807, 2.05) is 0 Å². The van der Waals surface area contributed by atoms with Crippen LogP contribution in [0.15, 0.2) is 97.2 Å². The highest BCUT2D eigenvalue weighted by Gasteiger charge is 2.19. The summed E-state index contributed by atoms with van der Waals surface area (Å²) >= 11 is 0. The summed E-state index contributed by atoms with van der Waals surface area (Å²) in [6.07, 6.45) is 94.3. The average molecular weight is 1140 g/mol. The Labute approximate surface area is 508 Å². The summed E-state index contributed by atoms with van der Waals surface area (Å²) in [6.45, 7) is 6.56. The summed E-state index contributed by atoms with van der Waals surface area (Å²) in [7, 11) is 0. The molecule has 0 aliphatic heterocycles. The molecule has 0 aromatic heterocycles. The van der Waals surface area contributed by atoms with E-state index in [9.17, 15) is 14.4 Å². The fourth-order valence-corrected chi connectivity index (χ4v) is 10.1. The molecule has 0 rings (SSSR count). The van der Waals surface area contributed by atoms with Crippen LogP contribution >= 0.6 is 0 Å². The van der Waals surface area contributed by atoms with Crippen LogP contribution in [-0.2, 0) is 28.6 Å². The van der Waals surface area contributed by atoms with Crippen LogP contribution in [0, 0.1) is 0 Å². The first kappa shape index (κ1) is 78.3. The Morgan fingerprint density at radius 3 is 0.756 bits per heavy atom. The molecule has 0 amide bonds. The second kappa shape index (κ2) is 69.8. The SMILES string of the molecule is CC/C=C\C/C=C\C/C=C\C/C=C\C/C=C\C/C=C\C/C=C\CCCCCCCCCCCCCC(=O)OCC(COC(=O)CCCCCCC/C=C\CCCCCCCC)OC(=O)CCCCCCCCCCCCCCCCCC. The van der Waals surface area contributed by atoms with Gasteiger partial charge >= 0.3 is 17.9 Å². The molecule has 0 heterocycles. The average Bonchev–Trinajstić information content (AvgIpc) is 3.47. The molecule has 1 atom stereocenters. The number of rotatable bonds is 64. The van der Waals surface area contributed by atoms with Gasteiger partial charge in [0, 0.05) is 19.3 Å². The van der Waals surface area contributed by atoms with E-state index in [0.717, 1.165) is 109 Å². The van der Waals surface area contributed by atoms with Crippen LogP contribution in [-0.4, -0.2) is 37.2 Å². The van der Waals surface area contributed by atoms with Gasteiger partial charge in [-0.25, -0.2) is 0 Å². The standard InChI is InChI=1S/C76H132O6/c1-4-7-10-13-16-19-22-25-28-30-31-32-33-34-35-36-37-38-39-40-41-42-43-44-45-46-49-51-54-57-60-63-66-69-75(78)81-72-73(71-80-74(77)68-65-62-59-56-53-50-47-27-24-21-18-15-12-9-6-3)82-76(79)70-67-64-61-58-55-52-48-29-26-23-20-17-14-11-8-5-2/h7,10,16,19,25,27-28,31-32,34-35,37-38,40-41,47,73H,4-6,8-9,11-15,17-18,20-24,26,29-30,33,36,39,42-46,48-72H2,1-3H3/b10-7-,19-16-,28-25-,32-31-,35-34-,38-37-,41-40-,47-27-. The molecule has 0 aromatic carbocycles. The lowest BCUT2D eigenvalue weighted by Crippen LogP contribution is -2.30. The van der Waals surface area contributed by atoms with Crippen molar-refractivity contribution in [3.8, 4) is 0 Å². The van der Waals surface area contributed by atoms with Gasteiger partial charge in [-0.15, -0.1) is 0 Å². The quantitative estimate of drug-likeness (QED) is 0.0261. The summed E-state index contributed by atoms with van der Waals surface area (Å²) < 4.78 is 17.0. The minimum atomic E-state index is -0.781. The molecule has 0 spiro atoms. The maximum atomic E-state index is 12.9. The number of carbonyl (C=O) groups is 3. The third-order valence-corrected chi connectivity index (χ3v) is 15.3. The number of carbonyl (C=O) groups excluding carboxylic acids is 3. The summed E-state index contributed by atoms with van der Waals surface area (Å²) in [5, 5.41) is 0. The Hall–Kier alpha value is -3.67. The second-order valence-corrected chi connectivity index (χ2v) is 23.4. The Balaban J connectivity index is 4.24. The molecule has 0 N–H and O–H groups in total. The summed E-state index contributed by atoms with van der Waals surface area (Å²) in [5.41, 5.74) is 0. The molecule has 0 saturated carbocycles. The predicted octanol–water partition coefficient (Wildman–Crippen LogP) is 24.4. The van der Waals surface area contributed by atoms with E-state index >= 15 is 0 Å². The second-order valence-electron chi connectivity index (χ2n) is 23.4. The van der Waals surface area contributed by atoms with E-state index in [0.29, 0.717) is 19.3 Å². The number of allylic oxidation sites excluding steroid dienone is 16. The fraction of sp³-hybridized carbons (Fsp3) is 0.750. The normalized spacial score (nSPS) is 12.7. The maximum Gasteiger partial charge on any atom is 0.306 e. The smallest absolute Gasteiger partial charge is 0.306 e. The molecule has 0 aromatic rings. The van der Waals surface area contributed by atoms with Gasteiger partial charge in [0.05, 0.1) is 0 Å². The molecule has 1 unspecified atom stereocenters. The number of ether oxygens (including phenoxy) is 3. The van der Waals surface area contributed by atoms with Crippen LogP contribution < -0.4 is 0 Å². The van der Waals surface area contributed by atoms with Crippen molar-refractivity contribution in [1.82, 2.24) is 0 Å². The highest BCUT2D eigenvalue weighted by molar-refractivity contribution is 5.71. The number of hydrogen-bond acceptors (Lipinski definition) is 6. The lowest BCUT2D eigenvalue weighted by molar-refractivity contribution is -0.167. The first-order chi connectivity index (χ1) is 40.5. The van der Waals surface area contributed by atoms with E-state index in [1.54, 1.807) is 0 Å². The molecule has 6 nitrogen and oxygen atoms in total. The highest BCUT2D eigenvalue weighted by atomic mass is 16.6. The van der Waals surface area contributed by atoms with E-state index in [4.69, 9.17) is 14.2 Å². The Kier molecular flexibility index (Phi) is 66.7. The summed E-state index contributed by atoms with van der Waals surface area (Å²) in [6, 6.07) is 0. The number of esters is 3. The van der Waals surface area contributed by atoms with Crippen molar-refractivity contribution in [1.29, 1.82) is 0 Å². The van der Waals surface area contributed by atoms with Gasteiger partial charge < -0.3 is 14.2 Å². The largest absolute Gasteiger partial charge is 0.462 e. The van der Waals surface area contributed by atoms with E-state index in [1.165, 1.54) is 199 Å². The third kappa shape index (κ3) is 67.1. The van der Waals surface area contributed by atoms with Gasteiger partial charge in [0.15, 0.2) is 6.10 Å². The minimum absolute atomic E-state index is 0.0774. The van der Waals surface area contributed by atoms with Crippen LogP contribution in [0.5, 0.6) is 0 Å². The molecule has 0 saturated heterocycles. The van der Waals surface area contributed by atoms with Gasteiger partial charge in [0.25, 0.3) is 0 Å². The molecular formula is C76H132O6. The van der Waals surface area contributed by atoms with Crippen molar-refractivity contribution >= 4 is 17.9 Å². The minimum Gasteiger partial charge on any atom is -0.462 e. The van der Waals surface area contributed by atoms with Crippen molar-refractivity contribution < 1.29 is 28.6 Å². The zero-order valence-electron chi connectivity index (χ0n) is 54.2. The van der Waals surface area contributed by atoms with Crippen molar-refractivity contribution in [3.05, 3.63) is 97.2 Å². The third-order valence-electron chi connectivity index (χ3n) is 15.3. The zero-order valence-corrected chi connectivity index (χ0v) is 54.2. The molecule has 472 valence electrons. The van der Waals surface area contributed by atoms with Crippen molar-refractivity contribution in [2.24, 2.45) is 0 Å². The Morgan fingerprint density at radius 2 is 0.476 bits per heavy atom. The monoisotopic (exact) mass is 1140 g/mol. The first-order valence-electron chi connectivity index (χ1n) is 35.2. The molecule has 0 aliphatic rings. The van der Waals surface area contributed by atoms with Gasteiger partial charge in [-0.1, -0.05) is 323 Å². The fourth-order valence-electron chi connectivity index (χ4n) is 10.1. The van der Waals surface area contributed by atoms with Crippen molar-refractivity contribution in [2.45, 2.75) is 354 Å². The van der Waals surface area contributed by atoms with E-state index < -0.39 is 6.10 Å². The maximum absolute atomic E-state index is 12.9. The van der Waals surface area contributed by atoms with Crippen molar-refractivity contribution in [2.75, 3.05) is 13.2 Å². The van der Waals surface area contributed by atoms with Crippen LogP contribution in [0.2, 0.25) is 0 Å². The molecule has 6 heteroatoms. The van der Waals surface area contributed by atoms with Gasteiger partial charge in [-0.3, -0.25) is 14.4 Å². The molecular weight excluding hydrogens is 1010 g/mol. The van der Waals surface area contributed by atoms with E-state index in [2.05, 4.69) is 118 Å². The first-order valence-corrected chi connectivity index (χ1v) is 35.2. The predicted molar refractivity (Wildman–Crippen MR) is 357 cm³/mol. The lowest BCUT2D eigenvalue weighted by Gasteiger charge is -2.18. The molecule has 0 radical (unpaired) electrons. The summed E-state index contributed by atoms with van der Waals surface area (Å²) in [4.78, 5) is 38.4. The molecule has 0 fully saturated rings. The zero-order chi connectivity index (χ0) is 59.2. The molecule has 0 bridgehead atoms. The van der Waals surface area contributed by atoms with Crippen LogP contribution in [0.1, 0.15) is 348 Å². The van der Waals surface area contributed by atoms with Crippen LogP contribution in [0.4, 0.5) is 0 Å². The van der Waals surface area contributed by atoms with Gasteiger partial charge in [0.1, 0.15) is 13.2 Å². The number of unbranched alkanes of at least 4 members (excludes halogenated alkanes) is 37. The topological polar surface area (TPSA) is 78.9 Å². The summed E-state index contributed by atoms with van der Waals surface area (Å²) in [5.74, 6) is -0.870. The Morgan fingerprint density at radius 1 is 0.256 bits per heavy atom.